The van der Waals surface area contributed by atoms with E-state index in [9.17, 15) is 9.18 Å². The molecule has 2 aromatic carbocycles. The maximum Gasteiger partial charge on any atom is 0.224 e. The number of carbonyl (C=O) groups excluding carboxylic acids is 1. The molecule has 0 spiro atoms. The van der Waals surface area contributed by atoms with E-state index in [-0.39, 0.29) is 18.0 Å². The fraction of sp³-hybridized carbons (Fsp3) is 0.0909. The van der Waals surface area contributed by atoms with Crippen molar-refractivity contribution >= 4 is 11.6 Å². The number of anilines is 1. The minimum Gasteiger partial charge on any atom is -0.324 e. The maximum absolute atomic E-state index is 14.1. The van der Waals surface area contributed by atoms with Crippen LogP contribution in [0, 0.1) is 5.82 Å². The standard InChI is InChI=1S/C22H19FN4O/c23-20-10-9-19(26-12-4-5-13-26)14-21(20)25-22(28)11-8-17-15-24-27(16-17)18-6-2-1-3-7-18/h1-7,9-10,12-16H,8,11H2,(H,25,28). The number of benzene rings is 2. The van der Waals surface area contributed by atoms with E-state index in [0.717, 1.165) is 16.9 Å². The number of para-hydroxylation sites is 1. The molecule has 4 rings (SSSR count). The van der Waals surface area contributed by atoms with Gasteiger partial charge in [-0.2, -0.15) is 5.10 Å². The molecule has 0 unspecified atom stereocenters. The third-order valence-electron chi connectivity index (χ3n) is 4.42. The molecule has 0 saturated carbocycles. The Kier molecular flexibility index (Phi) is 5.01. The third kappa shape index (κ3) is 4.01. The first kappa shape index (κ1) is 17.7. The summed E-state index contributed by atoms with van der Waals surface area (Å²) in [5.41, 5.74) is 2.87. The normalized spacial score (nSPS) is 10.8. The summed E-state index contributed by atoms with van der Waals surface area (Å²) >= 11 is 0. The Labute approximate surface area is 162 Å². The lowest BCUT2D eigenvalue weighted by atomic mass is 10.2. The van der Waals surface area contributed by atoms with Crippen LogP contribution >= 0.6 is 0 Å². The Bertz CT molecular complexity index is 1070. The van der Waals surface area contributed by atoms with Crippen LogP contribution in [0.2, 0.25) is 0 Å². The molecular weight excluding hydrogens is 355 g/mol. The Balaban J connectivity index is 1.39. The van der Waals surface area contributed by atoms with Crippen LogP contribution in [0.5, 0.6) is 0 Å². The molecule has 0 radical (unpaired) electrons. The molecule has 5 nitrogen and oxygen atoms in total. The third-order valence-corrected chi connectivity index (χ3v) is 4.42. The van der Waals surface area contributed by atoms with Crippen LogP contribution in [-0.2, 0) is 11.2 Å². The second kappa shape index (κ2) is 7.92. The quantitative estimate of drug-likeness (QED) is 0.545. The first-order valence-electron chi connectivity index (χ1n) is 9.01. The molecule has 6 heteroatoms. The molecule has 1 N–H and O–H groups in total. The van der Waals surface area contributed by atoms with Crippen molar-refractivity contribution < 1.29 is 9.18 Å². The van der Waals surface area contributed by atoms with E-state index in [4.69, 9.17) is 0 Å². The number of carbonyl (C=O) groups is 1. The van der Waals surface area contributed by atoms with Crippen LogP contribution in [0.4, 0.5) is 10.1 Å². The van der Waals surface area contributed by atoms with Gasteiger partial charge in [0.25, 0.3) is 0 Å². The number of aromatic nitrogens is 3. The smallest absolute Gasteiger partial charge is 0.224 e. The summed E-state index contributed by atoms with van der Waals surface area (Å²) in [6.45, 7) is 0. The van der Waals surface area contributed by atoms with Gasteiger partial charge < -0.3 is 9.88 Å². The zero-order valence-corrected chi connectivity index (χ0v) is 15.1. The fourth-order valence-corrected chi connectivity index (χ4v) is 2.96. The number of hydrogen-bond acceptors (Lipinski definition) is 2. The van der Waals surface area contributed by atoms with E-state index < -0.39 is 5.82 Å². The molecule has 28 heavy (non-hydrogen) atoms. The number of nitrogens with one attached hydrogen (secondary N) is 1. The van der Waals surface area contributed by atoms with Gasteiger partial charge in [0.15, 0.2) is 0 Å². The molecular formula is C22H19FN4O. The van der Waals surface area contributed by atoms with Gasteiger partial charge in [0.1, 0.15) is 5.82 Å². The van der Waals surface area contributed by atoms with Crippen molar-refractivity contribution in [1.82, 2.24) is 14.3 Å². The van der Waals surface area contributed by atoms with Crippen molar-refractivity contribution in [3.8, 4) is 11.4 Å². The van der Waals surface area contributed by atoms with Crippen LogP contribution in [0.25, 0.3) is 11.4 Å². The van der Waals surface area contributed by atoms with Crippen molar-refractivity contribution in [2.45, 2.75) is 12.8 Å². The predicted octanol–water partition coefficient (Wildman–Crippen LogP) is 4.37. The molecule has 0 fully saturated rings. The van der Waals surface area contributed by atoms with Gasteiger partial charge in [-0.25, -0.2) is 9.07 Å². The summed E-state index contributed by atoms with van der Waals surface area (Å²) < 4.78 is 17.7. The molecule has 0 bridgehead atoms. The Morgan fingerprint density at radius 2 is 1.79 bits per heavy atom. The molecule has 0 atom stereocenters. The highest BCUT2D eigenvalue weighted by Crippen LogP contribution is 2.20. The first-order chi connectivity index (χ1) is 13.7. The van der Waals surface area contributed by atoms with E-state index in [1.807, 2.05) is 65.6 Å². The van der Waals surface area contributed by atoms with Gasteiger partial charge in [0.05, 0.1) is 17.6 Å². The summed E-state index contributed by atoms with van der Waals surface area (Å²) in [6, 6.07) is 18.2. The largest absolute Gasteiger partial charge is 0.324 e. The van der Waals surface area contributed by atoms with Gasteiger partial charge in [-0.1, -0.05) is 18.2 Å². The number of nitrogens with zero attached hydrogens (tertiary/aromatic N) is 3. The first-order valence-corrected chi connectivity index (χ1v) is 9.01. The summed E-state index contributed by atoms with van der Waals surface area (Å²) in [7, 11) is 0. The second-order valence-electron chi connectivity index (χ2n) is 6.43. The maximum atomic E-state index is 14.1. The van der Waals surface area contributed by atoms with E-state index >= 15 is 0 Å². The van der Waals surface area contributed by atoms with Crippen molar-refractivity contribution in [1.29, 1.82) is 0 Å². The average molecular weight is 374 g/mol. The lowest BCUT2D eigenvalue weighted by molar-refractivity contribution is -0.116. The SMILES string of the molecule is O=C(CCc1cnn(-c2ccccc2)c1)Nc1cc(-n2cccc2)ccc1F. The second-order valence-corrected chi connectivity index (χ2v) is 6.43. The van der Waals surface area contributed by atoms with Crippen LogP contribution in [0.15, 0.2) is 85.5 Å². The van der Waals surface area contributed by atoms with Crippen LogP contribution in [0.3, 0.4) is 0 Å². The zero-order valence-electron chi connectivity index (χ0n) is 15.1. The summed E-state index contributed by atoms with van der Waals surface area (Å²) in [5, 5.41) is 6.99. The lowest BCUT2D eigenvalue weighted by Crippen LogP contribution is -2.13. The van der Waals surface area contributed by atoms with Gasteiger partial charge in [0, 0.05) is 30.7 Å². The number of aryl methyl sites for hydroxylation is 1. The molecule has 4 aromatic rings. The van der Waals surface area contributed by atoms with E-state index in [1.54, 1.807) is 23.0 Å². The van der Waals surface area contributed by atoms with Crippen molar-refractivity contribution in [3.63, 3.8) is 0 Å². The van der Waals surface area contributed by atoms with Gasteiger partial charge in [0.2, 0.25) is 5.91 Å². The van der Waals surface area contributed by atoms with Crippen LogP contribution in [-0.4, -0.2) is 20.3 Å². The minimum absolute atomic E-state index is 0.177. The fourth-order valence-electron chi connectivity index (χ4n) is 2.96. The van der Waals surface area contributed by atoms with Crippen molar-refractivity contribution in [2.75, 3.05) is 5.32 Å². The van der Waals surface area contributed by atoms with Gasteiger partial charge in [-0.3, -0.25) is 4.79 Å². The number of amides is 1. The number of rotatable bonds is 6. The number of halogens is 1. The van der Waals surface area contributed by atoms with Crippen LogP contribution < -0.4 is 5.32 Å². The van der Waals surface area contributed by atoms with Crippen molar-refractivity contribution in [2.24, 2.45) is 0 Å². The summed E-state index contributed by atoms with van der Waals surface area (Å²) in [6.07, 6.45) is 8.14. The highest BCUT2D eigenvalue weighted by atomic mass is 19.1. The molecule has 1 amide bonds. The average Bonchev–Trinajstić information content (AvgIpc) is 3.41. The highest BCUT2D eigenvalue weighted by molar-refractivity contribution is 5.91. The van der Waals surface area contributed by atoms with Gasteiger partial charge >= 0.3 is 0 Å². The molecule has 2 aromatic heterocycles. The highest BCUT2D eigenvalue weighted by Gasteiger charge is 2.10. The summed E-state index contributed by atoms with van der Waals surface area (Å²) in [4.78, 5) is 12.3. The summed E-state index contributed by atoms with van der Waals surface area (Å²) in [5.74, 6) is -0.697. The molecule has 0 saturated heterocycles. The van der Waals surface area contributed by atoms with E-state index in [0.29, 0.717) is 6.42 Å². The Hall–Kier alpha value is -3.67. The molecule has 0 aliphatic heterocycles. The lowest BCUT2D eigenvalue weighted by Gasteiger charge is -2.09. The Morgan fingerprint density at radius 3 is 2.57 bits per heavy atom. The monoisotopic (exact) mass is 374 g/mol. The molecule has 140 valence electrons. The van der Waals surface area contributed by atoms with Gasteiger partial charge in [-0.15, -0.1) is 0 Å². The Morgan fingerprint density at radius 1 is 1.00 bits per heavy atom. The predicted molar refractivity (Wildman–Crippen MR) is 106 cm³/mol. The number of hydrogen-bond donors (Lipinski definition) is 1. The van der Waals surface area contributed by atoms with E-state index in [2.05, 4.69) is 10.4 Å². The van der Waals surface area contributed by atoms with E-state index in [1.165, 1.54) is 6.07 Å². The molecule has 2 heterocycles. The van der Waals surface area contributed by atoms with Crippen molar-refractivity contribution in [3.05, 3.63) is 96.8 Å². The molecule has 0 aliphatic carbocycles. The topological polar surface area (TPSA) is 51.9 Å². The van der Waals surface area contributed by atoms with Crippen LogP contribution in [0.1, 0.15) is 12.0 Å². The van der Waals surface area contributed by atoms with Gasteiger partial charge in [-0.05, 0) is 54.4 Å². The molecule has 0 aliphatic rings. The minimum atomic E-state index is -0.457. The zero-order chi connectivity index (χ0) is 19.3.